The number of methoxy groups -OCH3 is 1. The molecular formula is C21H32N2O3. The molecule has 0 aromatic heterocycles. The van der Waals surface area contributed by atoms with Gasteiger partial charge >= 0.3 is 0 Å². The van der Waals surface area contributed by atoms with E-state index in [0.717, 1.165) is 50.6 Å². The number of carbonyl (C=O) groups excluding carboxylic acids is 1. The van der Waals surface area contributed by atoms with Crippen molar-refractivity contribution in [2.75, 3.05) is 46.4 Å². The molecule has 5 heteroatoms. The summed E-state index contributed by atoms with van der Waals surface area (Å²) in [5, 5.41) is 0. The zero-order chi connectivity index (χ0) is 18.2. The van der Waals surface area contributed by atoms with Crippen molar-refractivity contribution < 1.29 is 14.3 Å². The molecule has 2 fully saturated rings. The third kappa shape index (κ3) is 5.37. The number of piperazine rings is 1. The zero-order valence-electron chi connectivity index (χ0n) is 16.0. The van der Waals surface area contributed by atoms with E-state index in [1.54, 1.807) is 7.11 Å². The summed E-state index contributed by atoms with van der Waals surface area (Å²) < 4.78 is 11.2. The van der Waals surface area contributed by atoms with Gasteiger partial charge in [-0.2, -0.15) is 0 Å². The molecule has 0 N–H and O–H groups in total. The molecule has 0 bridgehead atoms. The first kappa shape index (κ1) is 19.0. The van der Waals surface area contributed by atoms with Gasteiger partial charge in [-0.3, -0.25) is 9.69 Å². The number of para-hydroxylation sites is 2. The topological polar surface area (TPSA) is 42.0 Å². The van der Waals surface area contributed by atoms with E-state index in [2.05, 4.69) is 9.80 Å². The van der Waals surface area contributed by atoms with Gasteiger partial charge in [0.05, 0.1) is 7.11 Å². The fraction of sp³-hybridized carbons (Fsp3) is 0.667. The summed E-state index contributed by atoms with van der Waals surface area (Å²) in [4.78, 5) is 16.9. The first-order valence-electron chi connectivity index (χ1n) is 10.0. The quantitative estimate of drug-likeness (QED) is 0.749. The Hall–Kier alpha value is -1.75. The van der Waals surface area contributed by atoms with Crippen LogP contribution in [0.2, 0.25) is 0 Å². The molecule has 1 saturated carbocycles. The van der Waals surface area contributed by atoms with E-state index in [9.17, 15) is 4.79 Å². The number of ether oxygens (including phenoxy) is 2. The maximum absolute atomic E-state index is 12.5. The monoisotopic (exact) mass is 360 g/mol. The summed E-state index contributed by atoms with van der Waals surface area (Å²) in [7, 11) is 1.66. The van der Waals surface area contributed by atoms with Crippen LogP contribution in [-0.4, -0.2) is 62.1 Å². The molecule has 0 spiro atoms. The molecule has 1 aromatic rings. The molecule has 5 nitrogen and oxygen atoms in total. The minimum Gasteiger partial charge on any atom is -0.493 e. The Morgan fingerprint density at radius 2 is 1.73 bits per heavy atom. The van der Waals surface area contributed by atoms with Gasteiger partial charge in [-0.25, -0.2) is 0 Å². The lowest BCUT2D eigenvalue weighted by molar-refractivity contribution is -0.134. The Labute approximate surface area is 157 Å². The average molecular weight is 360 g/mol. The number of hydrogen-bond acceptors (Lipinski definition) is 4. The van der Waals surface area contributed by atoms with Crippen molar-refractivity contribution in [3.05, 3.63) is 24.3 Å². The van der Waals surface area contributed by atoms with E-state index in [0.29, 0.717) is 18.4 Å². The van der Waals surface area contributed by atoms with E-state index < -0.39 is 0 Å². The Morgan fingerprint density at radius 3 is 2.42 bits per heavy atom. The maximum atomic E-state index is 12.5. The Morgan fingerprint density at radius 1 is 1.04 bits per heavy atom. The summed E-state index contributed by atoms with van der Waals surface area (Å²) >= 11 is 0. The summed E-state index contributed by atoms with van der Waals surface area (Å²) in [6.07, 6.45) is 7.20. The summed E-state index contributed by atoms with van der Waals surface area (Å²) in [6.45, 7) is 5.08. The van der Waals surface area contributed by atoms with Crippen molar-refractivity contribution in [2.24, 2.45) is 5.92 Å². The molecule has 1 saturated heterocycles. The lowest BCUT2D eigenvalue weighted by Gasteiger charge is -2.35. The van der Waals surface area contributed by atoms with Gasteiger partial charge in [0.15, 0.2) is 11.5 Å². The Kier molecular flexibility index (Phi) is 7.18. The molecule has 0 radical (unpaired) electrons. The minimum absolute atomic E-state index is 0.363. The van der Waals surface area contributed by atoms with Crippen LogP contribution < -0.4 is 9.47 Å². The largest absolute Gasteiger partial charge is 0.493 e. The first-order valence-corrected chi connectivity index (χ1v) is 10.0. The molecule has 2 aliphatic rings. The maximum Gasteiger partial charge on any atom is 0.222 e. The average Bonchev–Trinajstić information content (AvgIpc) is 2.69. The molecule has 0 unspecified atom stereocenters. The second-order valence-electron chi connectivity index (χ2n) is 7.43. The Balaban J connectivity index is 1.35. The molecule has 144 valence electrons. The van der Waals surface area contributed by atoms with Crippen molar-refractivity contribution in [3.8, 4) is 11.5 Å². The molecular weight excluding hydrogens is 328 g/mol. The van der Waals surface area contributed by atoms with Gasteiger partial charge in [-0.15, -0.1) is 0 Å². The molecule has 3 rings (SSSR count). The van der Waals surface area contributed by atoms with Gasteiger partial charge in [-0.05, 0) is 30.9 Å². The molecule has 26 heavy (non-hydrogen) atoms. The third-order valence-corrected chi connectivity index (χ3v) is 5.65. The minimum atomic E-state index is 0.363. The highest BCUT2D eigenvalue weighted by Gasteiger charge is 2.24. The van der Waals surface area contributed by atoms with Crippen LogP contribution in [0.15, 0.2) is 24.3 Å². The standard InChI is InChI=1S/C21H32N2O3/c1-25-19-9-5-6-10-20(19)26-16-15-22-11-13-23(14-12-22)21(24)17-18-7-3-2-4-8-18/h5-6,9-10,18H,2-4,7-8,11-17H2,1H3. The molecule has 1 amide bonds. The second-order valence-corrected chi connectivity index (χ2v) is 7.43. The van der Waals surface area contributed by atoms with Gasteiger partial charge in [0.2, 0.25) is 5.91 Å². The van der Waals surface area contributed by atoms with Crippen molar-refractivity contribution in [3.63, 3.8) is 0 Å². The highest BCUT2D eigenvalue weighted by molar-refractivity contribution is 5.76. The predicted molar refractivity (Wildman–Crippen MR) is 103 cm³/mol. The van der Waals surface area contributed by atoms with Crippen LogP contribution in [0.1, 0.15) is 38.5 Å². The molecule has 1 aliphatic heterocycles. The number of carbonyl (C=O) groups is 1. The Bertz CT molecular complexity index is 564. The predicted octanol–water partition coefficient (Wildman–Crippen LogP) is 3.19. The lowest BCUT2D eigenvalue weighted by atomic mass is 9.86. The van der Waals surface area contributed by atoms with Crippen LogP contribution in [0.5, 0.6) is 11.5 Å². The number of amides is 1. The zero-order valence-corrected chi connectivity index (χ0v) is 16.0. The van der Waals surface area contributed by atoms with Gasteiger partial charge < -0.3 is 14.4 Å². The number of benzene rings is 1. The van der Waals surface area contributed by atoms with Crippen molar-refractivity contribution in [2.45, 2.75) is 38.5 Å². The van der Waals surface area contributed by atoms with Gasteiger partial charge in [0, 0.05) is 39.1 Å². The van der Waals surface area contributed by atoms with E-state index in [1.807, 2.05) is 24.3 Å². The third-order valence-electron chi connectivity index (χ3n) is 5.65. The van der Waals surface area contributed by atoms with E-state index in [1.165, 1.54) is 32.1 Å². The van der Waals surface area contributed by atoms with Crippen molar-refractivity contribution in [1.82, 2.24) is 9.80 Å². The SMILES string of the molecule is COc1ccccc1OCCN1CCN(C(=O)CC2CCCCC2)CC1. The normalized spacial score (nSPS) is 19.3. The fourth-order valence-electron chi connectivity index (χ4n) is 4.01. The van der Waals surface area contributed by atoms with E-state index >= 15 is 0 Å². The number of nitrogens with zero attached hydrogens (tertiary/aromatic N) is 2. The summed E-state index contributed by atoms with van der Waals surface area (Å²) in [6, 6.07) is 7.73. The van der Waals surface area contributed by atoms with Crippen LogP contribution in [0.25, 0.3) is 0 Å². The molecule has 1 heterocycles. The first-order chi connectivity index (χ1) is 12.8. The van der Waals surface area contributed by atoms with Crippen LogP contribution in [-0.2, 0) is 4.79 Å². The van der Waals surface area contributed by atoms with Crippen LogP contribution in [0.3, 0.4) is 0 Å². The fourth-order valence-corrected chi connectivity index (χ4v) is 4.01. The van der Waals surface area contributed by atoms with E-state index in [-0.39, 0.29) is 0 Å². The summed E-state index contributed by atoms with van der Waals surface area (Å²) in [5.41, 5.74) is 0. The van der Waals surface area contributed by atoms with Gasteiger partial charge in [0.25, 0.3) is 0 Å². The van der Waals surface area contributed by atoms with Gasteiger partial charge in [-0.1, -0.05) is 31.4 Å². The van der Waals surface area contributed by atoms with Crippen molar-refractivity contribution in [1.29, 1.82) is 0 Å². The molecule has 0 atom stereocenters. The van der Waals surface area contributed by atoms with Crippen LogP contribution in [0.4, 0.5) is 0 Å². The number of hydrogen-bond donors (Lipinski definition) is 0. The molecule has 1 aromatic carbocycles. The van der Waals surface area contributed by atoms with Crippen molar-refractivity contribution >= 4 is 5.91 Å². The van der Waals surface area contributed by atoms with E-state index in [4.69, 9.17) is 9.47 Å². The summed E-state index contributed by atoms with van der Waals surface area (Å²) in [5.74, 6) is 2.55. The van der Waals surface area contributed by atoms with Crippen LogP contribution >= 0.6 is 0 Å². The number of rotatable bonds is 7. The highest BCUT2D eigenvalue weighted by Crippen LogP contribution is 2.27. The molecule has 1 aliphatic carbocycles. The van der Waals surface area contributed by atoms with Gasteiger partial charge in [0.1, 0.15) is 6.61 Å². The van der Waals surface area contributed by atoms with Crippen LogP contribution in [0, 0.1) is 5.92 Å². The highest BCUT2D eigenvalue weighted by atomic mass is 16.5. The second kappa shape index (κ2) is 9.81. The lowest BCUT2D eigenvalue weighted by Crippen LogP contribution is -2.49. The smallest absolute Gasteiger partial charge is 0.222 e.